The molecule has 1 aliphatic heterocycles. The van der Waals surface area contributed by atoms with E-state index in [1.807, 2.05) is 65.6 Å². The first-order valence-electron chi connectivity index (χ1n) is 6.87. The zero-order chi connectivity index (χ0) is 14.0. The summed E-state index contributed by atoms with van der Waals surface area (Å²) in [5.74, 6) is -0.773. The smallest absolute Gasteiger partial charge is 0.334 e. The standard InChI is InChI=1S/C17H17NO2.ClH/c19-16(20)17(14-8-3-1-4-9-14)12-7-13-18(17)15-10-5-2-6-11-15;/h1-6,8-11H,7,12-13H2,(H,19,20);1H. The molecule has 1 saturated heterocycles. The van der Waals surface area contributed by atoms with Crippen LogP contribution in [0.5, 0.6) is 0 Å². The lowest BCUT2D eigenvalue weighted by Crippen LogP contribution is -2.48. The lowest BCUT2D eigenvalue weighted by Gasteiger charge is -2.37. The van der Waals surface area contributed by atoms with E-state index in [1.54, 1.807) is 0 Å². The molecule has 1 heterocycles. The summed E-state index contributed by atoms with van der Waals surface area (Å²) in [6.07, 6.45) is 1.53. The van der Waals surface area contributed by atoms with E-state index < -0.39 is 11.5 Å². The van der Waals surface area contributed by atoms with Crippen LogP contribution in [0.3, 0.4) is 0 Å². The van der Waals surface area contributed by atoms with Gasteiger partial charge in [-0.1, -0.05) is 48.5 Å². The highest BCUT2D eigenvalue weighted by molar-refractivity contribution is 5.86. The Morgan fingerprint density at radius 2 is 1.57 bits per heavy atom. The highest BCUT2D eigenvalue weighted by Crippen LogP contribution is 2.42. The second-order valence-electron chi connectivity index (χ2n) is 5.12. The first-order valence-corrected chi connectivity index (χ1v) is 6.87. The molecule has 0 amide bonds. The highest BCUT2D eigenvalue weighted by atomic mass is 35.5. The number of hydrogen-bond donors (Lipinski definition) is 1. The number of rotatable bonds is 3. The third-order valence-corrected chi connectivity index (χ3v) is 4.05. The van der Waals surface area contributed by atoms with E-state index in [0.717, 1.165) is 24.2 Å². The van der Waals surface area contributed by atoms with Crippen molar-refractivity contribution in [3.63, 3.8) is 0 Å². The first kappa shape index (κ1) is 15.4. The molecule has 0 aliphatic carbocycles. The van der Waals surface area contributed by atoms with E-state index in [0.29, 0.717) is 6.42 Å². The van der Waals surface area contributed by atoms with Gasteiger partial charge in [-0.2, -0.15) is 0 Å². The predicted octanol–water partition coefficient (Wildman–Crippen LogP) is 3.69. The van der Waals surface area contributed by atoms with Crippen molar-refractivity contribution in [2.24, 2.45) is 0 Å². The number of nitrogens with zero attached hydrogens (tertiary/aromatic N) is 1. The lowest BCUT2D eigenvalue weighted by molar-refractivity contribution is -0.143. The van der Waals surface area contributed by atoms with Gasteiger partial charge in [-0.25, -0.2) is 4.79 Å². The van der Waals surface area contributed by atoms with E-state index in [4.69, 9.17) is 0 Å². The Hall–Kier alpha value is -2.00. The number of hydrogen-bond acceptors (Lipinski definition) is 2. The number of halogens is 1. The highest BCUT2D eigenvalue weighted by Gasteiger charge is 2.49. The maximum Gasteiger partial charge on any atom is 0.334 e. The first-order chi connectivity index (χ1) is 9.75. The molecule has 3 nitrogen and oxygen atoms in total. The normalized spacial score (nSPS) is 20.9. The van der Waals surface area contributed by atoms with Crippen molar-refractivity contribution in [1.82, 2.24) is 0 Å². The fourth-order valence-electron chi connectivity index (χ4n) is 3.14. The van der Waals surface area contributed by atoms with Crippen LogP contribution in [-0.2, 0) is 10.3 Å². The molecule has 1 N–H and O–H groups in total. The molecule has 0 saturated carbocycles. The largest absolute Gasteiger partial charge is 0.479 e. The second-order valence-corrected chi connectivity index (χ2v) is 5.12. The molecule has 1 unspecified atom stereocenters. The molecule has 2 aromatic rings. The minimum atomic E-state index is -0.942. The van der Waals surface area contributed by atoms with Crippen molar-refractivity contribution < 1.29 is 9.90 Å². The van der Waals surface area contributed by atoms with Crippen molar-refractivity contribution >= 4 is 24.1 Å². The van der Waals surface area contributed by atoms with Gasteiger partial charge >= 0.3 is 5.97 Å². The van der Waals surface area contributed by atoms with Crippen LogP contribution in [0.25, 0.3) is 0 Å². The van der Waals surface area contributed by atoms with E-state index in [9.17, 15) is 9.90 Å². The molecule has 0 aromatic heterocycles. The van der Waals surface area contributed by atoms with Crippen LogP contribution in [0, 0.1) is 0 Å². The maximum atomic E-state index is 12.1. The molecule has 2 aromatic carbocycles. The number of carboxylic acid groups (broad SMARTS) is 1. The van der Waals surface area contributed by atoms with Gasteiger partial charge in [0.25, 0.3) is 0 Å². The number of carbonyl (C=O) groups is 1. The average molecular weight is 304 g/mol. The van der Waals surface area contributed by atoms with Gasteiger partial charge in [-0.05, 0) is 30.5 Å². The minimum absolute atomic E-state index is 0. The van der Waals surface area contributed by atoms with Gasteiger partial charge in [0.1, 0.15) is 0 Å². The third kappa shape index (κ3) is 2.49. The van der Waals surface area contributed by atoms with Crippen molar-refractivity contribution in [3.05, 3.63) is 66.2 Å². The van der Waals surface area contributed by atoms with Gasteiger partial charge in [0.2, 0.25) is 0 Å². The molecule has 0 radical (unpaired) electrons. The molecule has 0 spiro atoms. The third-order valence-electron chi connectivity index (χ3n) is 4.05. The van der Waals surface area contributed by atoms with Crippen molar-refractivity contribution in [2.45, 2.75) is 18.4 Å². The summed E-state index contributed by atoms with van der Waals surface area (Å²) in [5.41, 5.74) is 0.882. The van der Waals surface area contributed by atoms with E-state index in [2.05, 4.69) is 0 Å². The molecule has 1 aliphatic rings. The molecule has 1 fully saturated rings. The summed E-state index contributed by atoms with van der Waals surface area (Å²) in [6.45, 7) is 0.769. The Bertz CT molecular complexity index is 603. The van der Waals surface area contributed by atoms with Gasteiger partial charge in [-0.15, -0.1) is 12.4 Å². The molecule has 1 atom stereocenters. The molecular weight excluding hydrogens is 286 g/mol. The number of anilines is 1. The molecule has 21 heavy (non-hydrogen) atoms. The van der Waals surface area contributed by atoms with Crippen molar-refractivity contribution in [3.8, 4) is 0 Å². The summed E-state index contributed by atoms with van der Waals surface area (Å²) in [7, 11) is 0. The number of carboxylic acids is 1. The van der Waals surface area contributed by atoms with Gasteiger partial charge in [0.15, 0.2) is 5.54 Å². The van der Waals surface area contributed by atoms with E-state index >= 15 is 0 Å². The van der Waals surface area contributed by atoms with E-state index in [1.165, 1.54) is 0 Å². The van der Waals surface area contributed by atoms with Gasteiger partial charge in [0, 0.05) is 12.2 Å². The summed E-state index contributed by atoms with van der Waals surface area (Å²) in [6, 6.07) is 19.4. The minimum Gasteiger partial charge on any atom is -0.479 e. The SMILES string of the molecule is Cl.O=C(O)C1(c2ccccc2)CCCN1c1ccccc1. The van der Waals surface area contributed by atoms with Crippen LogP contribution >= 0.6 is 12.4 Å². The van der Waals surface area contributed by atoms with Crippen LogP contribution in [0.2, 0.25) is 0 Å². The maximum absolute atomic E-state index is 12.1. The molecule has 4 heteroatoms. The quantitative estimate of drug-likeness (QED) is 0.940. The van der Waals surface area contributed by atoms with E-state index in [-0.39, 0.29) is 12.4 Å². The fraction of sp³-hybridized carbons (Fsp3) is 0.235. The summed E-state index contributed by atoms with van der Waals surface area (Å²) in [5, 5.41) is 9.91. The second kappa shape index (κ2) is 6.19. The number of benzene rings is 2. The Balaban J connectivity index is 0.00000161. The van der Waals surface area contributed by atoms with Crippen LogP contribution in [-0.4, -0.2) is 17.6 Å². The zero-order valence-electron chi connectivity index (χ0n) is 11.6. The Morgan fingerprint density at radius 3 is 2.14 bits per heavy atom. The Morgan fingerprint density at radius 1 is 1.00 bits per heavy atom. The zero-order valence-corrected chi connectivity index (χ0v) is 12.4. The molecule has 3 rings (SSSR count). The monoisotopic (exact) mass is 303 g/mol. The van der Waals surface area contributed by atoms with Gasteiger partial charge < -0.3 is 10.0 Å². The summed E-state index contributed by atoms with van der Waals surface area (Å²) >= 11 is 0. The summed E-state index contributed by atoms with van der Waals surface area (Å²) < 4.78 is 0. The van der Waals surface area contributed by atoms with Crippen molar-refractivity contribution in [1.29, 1.82) is 0 Å². The predicted molar refractivity (Wildman–Crippen MR) is 86.0 cm³/mol. The van der Waals surface area contributed by atoms with Crippen LogP contribution in [0.15, 0.2) is 60.7 Å². The molecular formula is C17H18ClNO2. The van der Waals surface area contributed by atoms with Gasteiger partial charge in [-0.3, -0.25) is 0 Å². The Kier molecular flexibility index (Phi) is 4.53. The fourth-order valence-corrected chi connectivity index (χ4v) is 3.14. The van der Waals surface area contributed by atoms with Crippen molar-refractivity contribution in [2.75, 3.05) is 11.4 Å². The number of para-hydroxylation sites is 1. The molecule has 0 bridgehead atoms. The molecule has 110 valence electrons. The van der Waals surface area contributed by atoms with Crippen LogP contribution in [0.1, 0.15) is 18.4 Å². The topological polar surface area (TPSA) is 40.5 Å². The average Bonchev–Trinajstić information content (AvgIpc) is 2.95. The number of aliphatic carboxylic acids is 1. The lowest BCUT2D eigenvalue weighted by atomic mass is 9.87. The van der Waals surface area contributed by atoms with Gasteiger partial charge in [0.05, 0.1) is 0 Å². The van der Waals surface area contributed by atoms with Crippen LogP contribution < -0.4 is 4.90 Å². The Labute approximate surface area is 130 Å². The summed E-state index contributed by atoms with van der Waals surface area (Å²) in [4.78, 5) is 14.1. The van der Waals surface area contributed by atoms with Crippen LogP contribution in [0.4, 0.5) is 5.69 Å².